The van der Waals surface area contributed by atoms with Crippen LogP contribution in [0.2, 0.25) is 0 Å². The fourth-order valence-electron chi connectivity index (χ4n) is 2.86. The summed E-state index contributed by atoms with van der Waals surface area (Å²) in [5.41, 5.74) is 6.31. The first-order chi connectivity index (χ1) is 11.1. The maximum atomic E-state index is 13.0. The van der Waals surface area contributed by atoms with E-state index in [-0.39, 0.29) is 12.4 Å². The molecule has 24 heavy (non-hydrogen) atoms. The molecule has 2 aliphatic heterocycles. The number of fused-ring (bicyclic) bond motifs is 1. The number of nitrogens with two attached hydrogens (primary N) is 1. The van der Waals surface area contributed by atoms with Gasteiger partial charge in [-0.2, -0.15) is 18.3 Å². The lowest BCUT2D eigenvalue weighted by atomic mass is 9.91. The van der Waals surface area contributed by atoms with Crippen LogP contribution in [-0.2, 0) is 0 Å². The minimum atomic E-state index is -4.49. The highest BCUT2D eigenvalue weighted by Gasteiger charge is 2.54. The topological polar surface area (TPSA) is 58.3 Å². The molecule has 124 valence electrons. The molecule has 5 nitrogen and oxygen atoms in total. The SMILES string of the molecule is [C-]#[N+]c1ccc(/C=C2\N=C(N)N3N=C(C(F)(F)F)CC23C)cc1C. The van der Waals surface area contributed by atoms with Gasteiger partial charge in [-0.25, -0.2) is 14.8 Å². The number of hydrogen-bond donors (Lipinski definition) is 1. The average molecular weight is 333 g/mol. The second-order valence-corrected chi connectivity index (χ2v) is 5.96. The maximum absolute atomic E-state index is 13.0. The summed E-state index contributed by atoms with van der Waals surface area (Å²) in [6, 6.07) is 5.19. The minimum Gasteiger partial charge on any atom is -0.368 e. The van der Waals surface area contributed by atoms with Crippen LogP contribution in [0.25, 0.3) is 10.9 Å². The number of halogens is 3. The summed E-state index contributed by atoms with van der Waals surface area (Å²) in [7, 11) is 0. The summed E-state index contributed by atoms with van der Waals surface area (Å²) >= 11 is 0. The summed E-state index contributed by atoms with van der Waals surface area (Å²) in [5, 5.41) is 4.73. The Balaban J connectivity index is 2.00. The van der Waals surface area contributed by atoms with E-state index in [0.29, 0.717) is 11.4 Å². The molecule has 8 heteroatoms. The Morgan fingerprint density at radius 3 is 2.71 bits per heavy atom. The van der Waals surface area contributed by atoms with Crippen LogP contribution < -0.4 is 5.73 Å². The third-order valence-electron chi connectivity index (χ3n) is 4.18. The van der Waals surface area contributed by atoms with Crippen LogP contribution in [0.5, 0.6) is 0 Å². The number of benzene rings is 1. The lowest BCUT2D eigenvalue weighted by molar-refractivity contribution is -0.0602. The van der Waals surface area contributed by atoms with Crippen LogP contribution in [-0.4, -0.2) is 28.4 Å². The molecule has 0 aromatic heterocycles. The number of alkyl halides is 3. The van der Waals surface area contributed by atoms with Crippen molar-refractivity contribution in [3.05, 3.63) is 46.4 Å². The van der Waals surface area contributed by atoms with Crippen LogP contribution in [0.1, 0.15) is 24.5 Å². The predicted molar refractivity (Wildman–Crippen MR) is 85.4 cm³/mol. The van der Waals surface area contributed by atoms with E-state index in [2.05, 4.69) is 14.9 Å². The highest BCUT2D eigenvalue weighted by atomic mass is 19.4. The van der Waals surface area contributed by atoms with Crippen molar-refractivity contribution in [3.63, 3.8) is 0 Å². The molecule has 3 rings (SSSR count). The highest BCUT2D eigenvalue weighted by Crippen LogP contribution is 2.43. The monoisotopic (exact) mass is 333 g/mol. The van der Waals surface area contributed by atoms with E-state index < -0.39 is 17.4 Å². The molecule has 1 aromatic rings. The van der Waals surface area contributed by atoms with Gasteiger partial charge in [0.25, 0.3) is 0 Å². The molecule has 0 aliphatic carbocycles. The second-order valence-electron chi connectivity index (χ2n) is 5.96. The minimum absolute atomic E-state index is 0.0579. The smallest absolute Gasteiger partial charge is 0.368 e. The molecule has 0 spiro atoms. The summed E-state index contributed by atoms with van der Waals surface area (Å²) in [6.07, 6.45) is -3.12. The molecule has 2 heterocycles. The number of aryl methyl sites for hydroxylation is 1. The molecule has 1 aromatic carbocycles. The first kappa shape index (κ1) is 16.1. The molecule has 2 aliphatic rings. The van der Waals surface area contributed by atoms with Gasteiger partial charge in [-0.05, 0) is 31.1 Å². The Morgan fingerprint density at radius 1 is 1.42 bits per heavy atom. The zero-order valence-corrected chi connectivity index (χ0v) is 13.0. The molecular formula is C16H14F3N5. The summed E-state index contributed by atoms with van der Waals surface area (Å²) in [6.45, 7) is 10.5. The Bertz CT molecular complexity index is 844. The molecule has 0 radical (unpaired) electrons. The molecular weight excluding hydrogens is 319 g/mol. The second kappa shape index (κ2) is 5.09. The van der Waals surface area contributed by atoms with Crippen molar-refractivity contribution in [1.82, 2.24) is 5.01 Å². The third kappa shape index (κ3) is 2.42. The number of hydrogen-bond acceptors (Lipinski definition) is 4. The van der Waals surface area contributed by atoms with E-state index >= 15 is 0 Å². The van der Waals surface area contributed by atoms with E-state index in [9.17, 15) is 13.2 Å². The molecule has 0 amide bonds. The largest absolute Gasteiger partial charge is 0.431 e. The van der Waals surface area contributed by atoms with Gasteiger partial charge in [0.15, 0.2) is 5.69 Å². The van der Waals surface area contributed by atoms with E-state index in [1.165, 1.54) is 0 Å². The van der Waals surface area contributed by atoms with Crippen LogP contribution in [0.15, 0.2) is 34.0 Å². The van der Waals surface area contributed by atoms with Gasteiger partial charge in [-0.15, -0.1) is 0 Å². The summed E-state index contributed by atoms with van der Waals surface area (Å²) in [5.74, 6) is -0.0579. The molecule has 1 unspecified atom stereocenters. The van der Waals surface area contributed by atoms with Crippen molar-refractivity contribution in [2.24, 2.45) is 15.8 Å². The van der Waals surface area contributed by atoms with Crippen molar-refractivity contribution in [3.8, 4) is 0 Å². The maximum Gasteiger partial charge on any atom is 0.431 e. The fraction of sp³-hybridized carbons (Fsp3) is 0.312. The van der Waals surface area contributed by atoms with Crippen molar-refractivity contribution in [1.29, 1.82) is 0 Å². The van der Waals surface area contributed by atoms with E-state index in [1.807, 2.05) is 0 Å². The van der Waals surface area contributed by atoms with Gasteiger partial charge in [0.1, 0.15) is 11.3 Å². The van der Waals surface area contributed by atoms with Gasteiger partial charge in [0.2, 0.25) is 5.96 Å². The number of guanidine groups is 1. The van der Waals surface area contributed by atoms with Gasteiger partial charge >= 0.3 is 6.18 Å². The Morgan fingerprint density at radius 2 is 2.12 bits per heavy atom. The van der Waals surface area contributed by atoms with Gasteiger partial charge in [-0.3, -0.25) is 0 Å². The number of nitrogens with zero attached hydrogens (tertiary/aromatic N) is 4. The van der Waals surface area contributed by atoms with E-state index in [4.69, 9.17) is 12.3 Å². The lowest BCUT2D eigenvalue weighted by Gasteiger charge is -2.26. The third-order valence-corrected chi connectivity index (χ3v) is 4.18. The Labute approximate surface area is 136 Å². The van der Waals surface area contributed by atoms with E-state index in [0.717, 1.165) is 16.1 Å². The van der Waals surface area contributed by atoms with Crippen molar-refractivity contribution in [2.75, 3.05) is 0 Å². The predicted octanol–water partition coefficient (Wildman–Crippen LogP) is 3.60. The summed E-state index contributed by atoms with van der Waals surface area (Å²) < 4.78 is 38.9. The van der Waals surface area contributed by atoms with Crippen molar-refractivity contribution in [2.45, 2.75) is 32.0 Å². The number of hydrazone groups is 1. The average Bonchev–Trinajstić information content (AvgIpc) is 2.95. The fourth-order valence-corrected chi connectivity index (χ4v) is 2.86. The summed E-state index contributed by atoms with van der Waals surface area (Å²) in [4.78, 5) is 7.56. The van der Waals surface area contributed by atoms with Crippen LogP contribution >= 0.6 is 0 Å². The zero-order chi connectivity index (χ0) is 17.7. The lowest BCUT2D eigenvalue weighted by Crippen LogP contribution is -2.42. The van der Waals surface area contributed by atoms with Crippen LogP contribution in [0, 0.1) is 13.5 Å². The molecule has 0 fully saturated rings. The van der Waals surface area contributed by atoms with Crippen molar-refractivity contribution >= 4 is 23.4 Å². The van der Waals surface area contributed by atoms with E-state index in [1.54, 1.807) is 38.1 Å². The first-order valence-electron chi connectivity index (χ1n) is 7.14. The molecule has 0 saturated heterocycles. The van der Waals surface area contributed by atoms with Gasteiger partial charge in [0.05, 0.1) is 12.3 Å². The van der Waals surface area contributed by atoms with Gasteiger partial charge in [-0.1, -0.05) is 18.2 Å². The number of rotatable bonds is 1. The van der Waals surface area contributed by atoms with Crippen molar-refractivity contribution < 1.29 is 13.2 Å². The molecule has 0 bridgehead atoms. The standard InChI is InChI=1S/C16H14F3N5/c1-9-6-10(4-5-11(9)21-3)7-12-15(2)8-13(16(17,18)19)23-24(15)14(20)22-12/h4-7H,8H2,1-2H3,(H2,20,22)/b12-7-. The highest BCUT2D eigenvalue weighted by molar-refractivity contribution is 5.98. The number of aliphatic imine (C=N–C) groups is 1. The van der Waals surface area contributed by atoms with Gasteiger partial charge < -0.3 is 5.73 Å². The molecule has 0 saturated carbocycles. The van der Waals surface area contributed by atoms with Crippen LogP contribution in [0.3, 0.4) is 0 Å². The van der Waals surface area contributed by atoms with Crippen LogP contribution in [0.4, 0.5) is 18.9 Å². The first-order valence-corrected chi connectivity index (χ1v) is 7.14. The quantitative estimate of drug-likeness (QED) is 0.798. The molecule has 1 atom stereocenters. The molecule has 2 N–H and O–H groups in total. The zero-order valence-electron chi connectivity index (χ0n) is 13.0. The van der Waals surface area contributed by atoms with Gasteiger partial charge in [0, 0.05) is 6.42 Å². The normalized spacial score (nSPS) is 24.7. The Kier molecular flexibility index (Phi) is 3.41. The Hall–Kier alpha value is -2.82.